The minimum absolute atomic E-state index is 0.177. The molecule has 1 unspecified atom stereocenters. The van der Waals surface area contributed by atoms with Crippen molar-refractivity contribution in [3.8, 4) is 0 Å². The summed E-state index contributed by atoms with van der Waals surface area (Å²) in [6, 6.07) is 5.88. The molecule has 19 heavy (non-hydrogen) atoms. The van der Waals surface area contributed by atoms with Crippen LogP contribution < -0.4 is 10.2 Å². The van der Waals surface area contributed by atoms with Gasteiger partial charge in [-0.05, 0) is 43.5 Å². The van der Waals surface area contributed by atoms with E-state index in [0.717, 1.165) is 17.8 Å². The molecular weight excluding hydrogens is 243 g/mol. The molecule has 1 atom stereocenters. The van der Waals surface area contributed by atoms with Crippen molar-refractivity contribution in [3.05, 3.63) is 29.6 Å². The number of ether oxygens (including phenoxy) is 1. The lowest BCUT2D eigenvalue weighted by Gasteiger charge is -2.28. The number of hydrogen-bond donors (Lipinski definition) is 1. The van der Waals surface area contributed by atoms with Crippen LogP contribution in [0.1, 0.15) is 25.3 Å². The van der Waals surface area contributed by atoms with Gasteiger partial charge in [-0.2, -0.15) is 0 Å². The molecule has 1 aliphatic carbocycles. The molecule has 0 aromatic heterocycles. The molecule has 3 nitrogen and oxygen atoms in total. The Morgan fingerprint density at radius 3 is 2.84 bits per heavy atom. The molecule has 0 saturated heterocycles. The fourth-order valence-corrected chi connectivity index (χ4v) is 2.17. The van der Waals surface area contributed by atoms with E-state index in [2.05, 4.69) is 17.1 Å². The van der Waals surface area contributed by atoms with E-state index < -0.39 is 0 Å². The average molecular weight is 266 g/mol. The zero-order valence-corrected chi connectivity index (χ0v) is 11.9. The van der Waals surface area contributed by atoms with Gasteiger partial charge in [-0.15, -0.1) is 0 Å². The molecule has 0 amide bonds. The van der Waals surface area contributed by atoms with Crippen molar-refractivity contribution in [2.75, 3.05) is 25.7 Å². The minimum atomic E-state index is -0.177. The number of anilines is 1. The van der Waals surface area contributed by atoms with Crippen molar-refractivity contribution in [1.82, 2.24) is 5.32 Å². The first-order valence-corrected chi connectivity index (χ1v) is 6.85. The molecule has 1 aliphatic rings. The lowest BCUT2D eigenvalue weighted by atomic mass is 10.1. The van der Waals surface area contributed by atoms with Gasteiger partial charge in [0.25, 0.3) is 0 Å². The Morgan fingerprint density at radius 1 is 1.47 bits per heavy atom. The average Bonchev–Trinajstić information content (AvgIpc) is 3.20. The number of methoxy groups -OCH3 is 1. The Balaban J connectivity index is 2.11. The SMILES string of the molecule is COCC(C)N(C)c1ccc(F)cc1CNC1CC1. The van der Waals surface area contributed by atoms with Gasteiger partial charge in [0, 0.05) is 38.5 Å². The quantitative estimate of drug-likeness (QED) is 0.821. The number of likely N-dealkylation sites (N-methyl/N-ethyl adjacent to an activating group) is 1. The van der Waals surface area contributed by atoms with Gasteiger partial charge in [0.05, 0.1) is 6.61 Å². The predicted octanol–water partition coefficient (Wildman–Crippen LogP) is 2.55. The van der Waals surface area contributed by atoms with Gasteiger partial charge in [-0.1, -0.05) is 0 Å². The summed E-state index contributed by atoms with van der Waals surface area (Å²) >= 11 is 0. The third-order valence-corrected chi connectivity index (χ3v) is 3.65. The van der Waals surface area contributed by atoms with Gasteiger partial charge in [0.15, 0.2) is 0 Å². The van der Waals surface area contributed by atoms with E-state index in [-0.39, 0.29) is 11.9 Å². The molecule has 1 N–H and O–H groups in total. The zero-order chi connectivity index (χ0) is 13.8. The fourth-order valence-electron chi connectivity index (χ4n) is 2.17. The molecule has 1 fully saturated rings. The maximum Gasteiger partial charge on any atom is 0.123 e. The Morgan fingerprint density at radius 2 is 2.21 bits per heavy atom. The topological polar surface area (TPSA) is 24.5 Å². The molecule has 2 rings (SSSR count). The van der Waals surface area contributed by atoms with Crippen molar-refractivity contribution in [1.29, 1.82) is 0 Å². The molecule has 4 heteroatoms. The maximum atomic E-state index is 13.4. The summed E-state index contributed by atoms with van der Waals surface area (Å²) in [5, 5.41) is 3.44. The lowest BCUT2D eigenvalue weighted by molar-refractivity contribution is 0.183. The van der Waals surface area contributed by atoms with Gasteiger partial charge in [0.1, 0.15) is 5.82 Å². The molecule has 0 aliphatic heterocycles. The Kier molecular flexibility index (Phi) is 4.77. The van der Waals surface area contributed by atoms with E-state index in [1.54, 1.807) is 13.2 Å². The van der Waals surface area contributed by atoms with Crippen LogP contribution in [-0.4, -0.2) is 32.8 Å². The highest BCUT2D eigenvalue weighted by Gasteiger charge is 2.21. The van der Waals surface area contributed by atoms with Gasteiger partial charge in [-0.25, -0.2) is 4.39 Å². The summed E-state index contributed by atoms with van der Waals surface area (Å²) in [6.45, 7) is 3.48. The van der Waals surface area contributed by atoms with Crippen LogP contribution in [0.5, 0.6) is 0 Å². The van der Waals surface area contributed by atoms with Crippen LogP contribution in [0.3, 0.4) is 0 Å². The molecular formula is C15H23FN2O. The molecule has 106 valence electrons. The lowest BCUT2D eigenvalue weighted by Crippen LogP contribution is -2.33. The van der Waals surface area contributed by atoms with E-state index in [0.29, 0.717) is 12.6 Å². The van der Waals surface area contributed by atoms with E-state index in [1.807, 2.05) is 13.1 Å². The molecule has 0 radical (unpaired) electrons. The van der Waals surface area contributed by atoms with Crippen LogP contribution in [0.15, 0.2) is 18.2 Å². The second kappa shape index (κ2) is 6.35. The normalized spacial score (nSPS) is 16.4. The van der Waals surface area contributed by atoms with E-state index in [4.69, 9.17) is 4.74 Å². The van der Waals surface area contributed by atoms with Crippen LogP contribution in [-0.2, 0) is 11.3 Å². The summed E-state index contributed by atoms with van der Waals surface area (Å²) in [5.74, 6) is -0.177. The van der Waals surface area contributed by atoms with E-state index in [1.165, 1.54) is 18.9 Å². The van der Waals surface area contributed by atoms with Gasteiger partial charge >= 0.3 is 0 Å². The fraction of sp³-hybridized carbons (Fsp3) is 0.600. The Hall–Kier alpha value is -1.13. The monoisotopic (exact) mass is 266 g/mol. The van der Waals surface area contributed by atoms with E-state index in [9.17, 15) is 4.39 Å². The van der Waals surface area contributed by atoms with Gasteiger partial charge < -0.3 is 15.0 Å². The Bertz CT molecular complexity index is 421. The summed E-state index contributed by atoms with van der Waals surface area (Å²) < 4.78 is 18.6. The summed E-state index contributed by atoms with van der Waals surface area (Å²) in [5.41, 5.74) is 2.08. The first-order chi connectivity index (χ1) is 9.11. The van der Waals surface area contributed by atoms with Crippen LogP contribution in [0, 0.1) is 5.82 Å². The van der Waals surface area contributed by atoms with Crippen molar-refractivity contribution >= 4 is 5.69 Å². The highest BCUT2D eigenvalue weighted by Crippen LogP contribution is 2.25. The van der Waals surface area contributed by atoms with Crippen LogP contribution in [0.25, 0.3) is 0 Å². The zero-order valence-electron chi connectivity index (χ0n) is 11.9. The number of nitrogens with zero attached hydrogens (tertiary/aromatic N) is 1. The van der Waals surface area contributed by atoms with Crippen molar-refractivity contribution in [3.63, 3.8) is 0 Å². The molecule has 0 heterocycles. The molecule has 1 saturated carbocycles. The van der Waals surface area contributed by atoms with Gasteiger partial charge in [-0.3, -0.25) is 0 Å². The van der Waals surface area contributed by atoms with Crippen LogP contribution >= 0.6 is 0 Å². The van der Waals surface area contributed by atoms with Crippen molar-refractivity contribution in [2.24, 2.45) is 0 Å². The van der Waals surface area contributed by atoms with Crippen molar-refractivity contribution < 1.29 is 9.13 Å². The number of nitrogens with one attached hydrogen (secondary N) is 1. The molecule has 0 spiro atoms. The number of rotatable bonds is 7. The molecule has 1 aromatic rings. The standard InChI is InChI=1S/C15H23FN2O/c1-11(10-19-3)18(2)15-7-4-13(16)8-12(15)9-17-14-5-6-14/h4,7-8,11,14,17H,5-6,9-10H2,1-3H3. The first-order valence-electron chi connectivity index (χ1n) is 6.85. The summed E-state index contributed by atoms with van der Waals surface area (Å²) in [6.07, 6.45) is 2.47. The third-order valence-electron chi connectivity index (χ3n) is 3.65. The number of hydrogen-bond acceptors (Lipinski definition) is 3. The maximum absolute atomic E-state index is 13.4. The van der Waals surface area contributed by atoms with E-state index >= 15 is 0 Å². The smallest absolute Gasteiger partial charge is 0.123 e. The third kappa shape index (κ3) is 3.91. The number of halogens is 1. The predicted molar refractivity (Wildman–Crippen MR) is 76.0 cm³/mol. The summed E-state index contributed by atoms with van der Waals surface area (Å²) in [7, 11) is 3.72. The second-order valence-corrected chi connectivity index (χ2v) is 5.34. The summed E-state index contributed by atoms with van der Waals surface area (Å²) in [4.78, 5) is 2.15. The first kappa shape index (κ1) is 14.3. The Labute approximate surface area is 114 Å². The largest absolute Gasteiger partial charge is 0.383 e. The van der Waals surface area contributed by atoms with Crippen LogP contribution in [0.4, 0.5) is 10.1 Å². The molecule has 1 aromatic carbocycles. The van der Waals surface area contributed by atoms with Crippen molar-refractivity contribution in [2.45, 2.75) is 38.4 Å². The highest BCUT2D eigenvalue weighted by molar-refractivity contribution is 5.54. The number of benzene rings is 1. The highest BCUT2D eigenvalue weighted by atomic mass is 19.1. The van der Waals surface area contributed by atoms with Gasteiger partial charge in [0.2, 0.25) is 0 Å². The molecule has 0 bridgehead atoms. The second-order valence-electron chi connectivity index (χ2n) is 5.34. The minimum Gasteiger partial charge on any atom is -0.383 e. The van der Waals surface area contributed by atoms with Crippen LogP contribution in [0.2, 0.25) is 0 Å².